The lowest BCUT2D eigenvalue weighted by Gasteiger charge is -2.05. The molecule has 1 aromatic carbocycles. The smallest absolute Gasteiger partial charge is 0.133 e. The van der Waals surface area contributed by atoms with E-state index < -0.39 is 0 Å². The summed E-state index contributed by atoms with van der Waals surface area (Å²) >= 11 is 5.97. The van der Waals surface area contributed by atoms with Crippen LogP contribution < -0.4 is 5.73 Å². The van der Waals surface area contributed by atoms with Gasteiger partial charge in [-0.3, -0.25) is 0 Å². The summed E-state index contributed by atoms with van der Waals surface area (Å²) in [5.74, 6) is 0.801. The Balaban J connectivity index is 2.57. The highest BCUT2D eigenvalue weighted by Crippen LogP contribution is 2.30. The van der Waals surface area contributed by atoms with Gasteiger partial charge in [0, 0.05) is 5.56 Å². The highest BCUT2D eigenvalue weighted by Gasteiger charge is 2.06. The summed E-state index contributed by atoms with van der Waals surface area (Å²) in [5, 5.41) is 0.566. The van der Waals surface area contributed by atoms with Crippen LogP contribution in [-0.2, 0) is 0 Å². The molecule has 0 spiro atoms. The lowest BCUT2D eigenvalue weighted by molar-refractivity contribution is 0.582. The van der Waals surface area contributed by atoms with Gasteiger partial charge < -0.3 is 10.2 Å². The highest BCUT2D eigenvalue weighted by atomic mass is 35.5. The lowest BCUT2D eigenvalue weighted by atomic mass is 10.1. The van der Waals surface area contributed by atoms with E-state index in [1.165, 1.54) is 0 Å². The molecule has 2 nitrogen and oxygen atoms in total. The number of benzene rings is 1. The van der Waals surface area contributed by atoms with Gasteiger partial charge >= 0.3 is 0 Å². The standard InChI is InChI=1S/C11H10ClNO/c1-7-5-8(6-9(12)11(7)13)10-3-2-4-14-10/h2-6H,13H2,1H3. The molecular formula is C11H10ClNO. The van der Waals surface area contributed by atoms with Crippen molar-refractivity contribution in [2.75, 3.05) is 5.73 Å². The van der Waals surface area contributed by atoms with Gasteiger partial charge in [0.25, 0.3) is 0 Å². The summed E-state index contributed by atoms with van der Waals surface area (Å²) in [6.07, 6.45) is 1.63. The van der Waals surface area contributed by atoms with Crippen molar-refractivity contribution >= 4 is 17.3 Å². The summed E-state index contributed by atoms with van der Waals surface area (Å²) in [6.45, 7) is 1.92. The maximum Gasteiger partial charge on any atom is 0.133 e. The van der Waals surface area contributed by atoms with Crippen molar-refractivity contribution in [1.82, 2.24) is 0 Å². The highest BCUT2D eigenvalue weighted by molar-refractivity contribution is 6.33. The Labute approximate surface area is 87.3 Å². The second-order valence-corrected chi connectivity index (χ2v) is 3.57. The Bertz CT molecular complexity index is 425. The van der Waals surface area contributed by atoms with Gasteiger partial charge in [-0.15, -0.1) is 0 Å². The molecule has 1 aromatic heterocycles. The number of halogens is 1. The van der Waals surface area contributed by atoms with Crippen LogP contribution >= 0.6 is 11.6 Å². The van der Waals surface area contributed by atoms with E-state index in [2.05, 4.69) is 0 Å². The largest absolute Gasteiger partial charge is 0.464 e. The van der Waals surface area contributed by atoms with E-state index >= 15 is 0 Å². The van der Waals surface area contributed by atoms with Gasteiger partial charge in [-0.05, 0) is 36.8 Å². The van der Waals surface area contributed by atoms with Crippen molar-refractivity contribution in [1.29, 1.82) is 0 Å². The number of aryl methyl sites for hydroxylation is 1. The molecule has 0 unspecified atom stereocenters. The van der Waals surface area contributed by atoms with E-state index in [0.717, 1.165) is 16.9 Å². The van der Waals surface area contributed by atoms with Crippen molar-refractivity contribution in [2.45, 2.75) is 6.92 Å². The minimum atomic E-state index is 0.566. The third-order valence-electron chi connectivity index (χ3n) is 2.14. The number of hydrogen-bond acceptors (Lipinski definition) is 2. The third-order valence-corrected chi connectivity index (χ3v) is 2.45. The molecule has 3 heteroatoms. The van der Waals surface area contributed by atoms with E-state index in [4.69, 9.17) is 21.8 Å². The zero-order chi connectivity index (χ0) is 10.1. The molecule has 2 rings (SSSR count). The first-order valence-corrected chi connectivity index (χ1v) is 4.66. The number of hydrogen-bond donors (Lipinski definition) is 1. The number of rotatable bonds is 1. The van der Waals surface area contributed by atoms with Crippen molar-refractivity contribution in [3.63, 3.8) is 0 Å². The van der Waals surface area contributed by atoms with E-state index in [1.54, 1.807) is 6.26 Å². The third kappa shape index (κ3) is 1.49. The van der Waals surface area contributed by atoms with Crippen LogP contribution in [0.25, 0.3) is 11.3 Å². The Hall–Kier alpha value is -1.41. The predicted molar refractivity (Wildman–Crippen MR) is 58.3 cm³/mol. The van der Waals surface area contributed by atoms with Crippen molar-refractivity contribution in [2.24, 2.45) is 0 Å². The molecular weight excluding hydrogens is 198 g/mol. The maximum absolute atomic E-state index is 5.97. The SMILES string of the molecule is Cc1cc(-c2ccco2)cc(Cl)c1N. The van der Waals surface area contributed by atoms with Crippen molar-refractivity contribution < 1.29 is 4.42 Å². The minimum absolute atomic E-state index is 0.566. The molecule has 0 saturated heterocycles. The Kier molecular flexibility index (Phi) is 2.22. The average molecular weight is 208 g/mol. The van der Waals surface area contributed by atoms with E-state index in [0.29, 0.717) is 10.7 Å². The van der Waals surface area contributed by atoms with Crippen LogP contribution in [0.3, 0.4) is 0 Å². The molecule has 0 bridgehead atoms. The van der Waals surface area contributed by atoms with Crippen LogP contribution in [0, 0.1) is 6.92 Å². The number of nitrogens with two attached hydrogens (primary N) is 1. The maximum atomic E-state index is 5.97. The van der Waals surface area contributed by atoms with Crippen molar-refractivity contribution in [3.05, 3.63) is 41.1 Å². The second kappa shape index (κ2) is 3.39. The van der Waals surface area contributed by atoms with Gasteiger partial charge in [0.1, 0.15) is 5.76 Å². The first-order chi connectivity index (χ1) is 6.68. The predicted octanol–water partition coefficient (Wildman–Crippen LogP) is 3.49. The molecule has 0 saturated carbocycles. The normalized spacial score (nSPS) is 10.4. The fourth-order valence-corrected chi connectivity index (χ4v) is 1.61. The average Bonchev–Trinajstić information content (AvgIpc) is 2.66. The molecule has 0 atom stereocenters. The first kappa shape index (κ1) is 9.16. The molecule has 0 aliphatic carbocycles. The number of anilines is 1. The zero-order valence-electron chi connectivity index (χ0n) is 7.75. The van der Waals surface area contributed by atoms with Crippen molar-refractivity contribution in [3.8, 4) is 11.3 Å². The molecule has 0 fully saturated rings. The monoisotopic (exact) mass is 207 g/mol. The van der Waals surface area contributed by atoms with E-state index in [9.17, 15) is 0 Å². The summed E-state index contributed by atoms with van der Waals surface area (Å²) in [7, 11) is 0. The molecule has 14 heavy (non-hydrogen) atoms. The molecule has 2 aromatic rings. The van der Waals surface area contributed by atoms with Crippen LogP contribution in [0.2, 0.25) is 5.02 Å². The van der Waals surface area contributed by atoms with Gasteiger partial charge in [0.2, 0.25) is 0 Å². The van der Waals surface area contributed by atoms with Crippen LogP contribution in [0.5, 0.6) is 0 Å². The minimum Gasteiger partial charge on any atom is -0.464 e. The molecule has 72 valence electrons. The first-order valence-electron chi connectivity index (χ1n) is 4.28. The van der Waals surface area contributed by atoms with Crippen LogP contribution in [0.1, 0.15) is 5.56 Å². The zero-order valence-corrected chi connectivity index (χ0v) is 8.51. The molecule has 0 amide bonds. The van der Waals surface area contributed by atoms with Crippen LogP contribution in [0.4, 0.5) is 5.69 Å². The van der Waals surface area contributed by atoms with E-state index in [1.807, 2.05) is 31.2 Å². The summed E-state index contributed by atoms with van der Waals surface area (Å²) in [6, 6.07) is 7.50. The molecule has 2 N–H and O–H groups in total. The van der Waals surface area contributed by atoms with Crippen LogP contribution in [-0.4, -0.2) is 0 Å². The number of furan rings is 1. The summed E-state index contributed by atoms with van der Waals surface area (Å²) in [5.41, 5.74) is 8.28. The quantitative estimate of drug-likeness (QED) is 0.727. The molecule has 0 aliphatic heterocycles. The van der Waals surface area contributed by atoms with Gasteiger partial charge in [-0.25, -0.2) is 0 Å². The van der Waals surface area contributed by atoms with Gasteiger partial charge in [0.05, 0.1) is 17.0 Å². The Morgan fingerprint density at radius 3 is 2.71 bits per heavy atom. The summed E-state index contributed by atoms with van der Waals surface area (Å²) < 4.78 is 5.27. The van der Waals surface area contributed by atoms with Gasteiger partial charge in [-0.2, -0.15) is 0 Å². The van der Waals surface area contributed by atoms with E-state index in [-0.39, 0.29) is 0 Å². The second-order valence-electron chi connectivity index (χ2n) is 3.17. The summed E-state index contributed by atoms with van der Waals surface area (Å²) in [4.78, 5) is 0. The molecule has 1 heterocycles. The topological polar surface area (TPSA) is 39.2 Å². The molecule has 0 aliphatic rings. The van der Waals surface area contributed by atoms with Gasteiger partial charge in [-0.1, -0.05) is 11.6 Å². The fraction of sp³-hybridized carbons (Fsp3) is 0.0909. The Morgan fingerprint density at radius 1 is 1.36 bits per heavy atom. The molecule has 0 radical (unpaired) electrons. The van der Waals surface area contributed by atoms with Gasteiger partial charge in [0.15, 0.2) is 0 Å². The Morgan fingerprint density at radius 2 is 2.14 bits per heavy atom. The lowest BCUT2D eigenvalue weighted by Crippen LogP contribution is -1.91. The number of nitrogen functional groups attached to an aromatic ring is 1. The fourth-order valence-electron chi connectivity index (χ4n) is 1.34. The van der Waals surface area contributed by atoms with Crippen LogP contribution in [0.15, 0.2) is 34.9 Å².